The first-order valence-electron chi connectivity index (χ1n) is 5.99. The number of rotatable bonds is 4. The van der Waals surface area contributed by atoms with Gasteiger partial charge in [0.25, 0.3) is 0 Å². The molecule has 3 nitrogen and oxygen atoms in total. The van der Waals surface area contributed by atoms with Gasteiger partial charge in [0.05, 0.1) is 5.56 Å². The maximum absolute atomic E-state index is 5.84. The van der Waals surface area contributed by atoms with Crippen molar-refractivity contribution in [1.82, 2.24) is 4.98 Å². The van der Waals surface area contributed by atoms with E-state index < -0.39 is 0 Å². The van der Waals surface area contributed by atoms with Crippen molar-refractivity contribution in [1.29, 1.82) is 0 Å². The van der Waals surface area contributed by atoms with E-state index >= 15 is 0 Å². The van der Waals surface area contributed by atoms with Gasteiger partial charge in [-0.1, -0.05) is 12.2 Å². The number of aromatic nitrogens is 1. The van der Waals surface area contributed by atoms with Gasteiger partial charge >= 0.3 is 0 Å². The van der Waals surface area contributed by atoms with E-state index in [1.165, 1.54) is 5.56 Å². The van der Waals surface area contributed by atoms with E-state index in [0.29, 0.717) is 4.99 Å². The molecule has 0 atom stereocenters. The molecule has 2 heterocycles. The van der Waals surface area contributed by atoms with Crippen LogP contribution in [0.1, 0.15) is 22.4 Å². The van der Waals surface area contributed by atoms with E-state index in [9.17, 15) is 0 Å². The first kappa shape index (κ1) is 14.0. The summed E-state index contributed by atoms with van der Waals surface area (Å²) in [7, 11) is 2.01. The molecule has 2 aromatic rings. The van der Waals surface area contributed by atoms with Crippen LogP contribution in [-0.4, -0.2) is 17.0 Å². The maximum Gasteiger partial charge on any atom is 0.139 e. The second kappa shape index (κ2) is 5.67. The Labute approximate surface area is 123 Å². The number of anilines is 1. The van der Waals surface area contributed by atoms with Crippen molar-refractivity contribution in [3.63, 3.8) is 0 Å². The van der Waals surface area contributed by atoms with Crippen LogP contribution in [0.15, 0.2) is 22.9 Å². The molecule has 0 radical (unpaired) electrons. The minimum Gasteiger partial charge on any atom is -0.389 e. The average Bonchev–Trinajstić information content (AvgIpc) is 2.79. The summed E-state index contributed by atoms with van der Waals surface area (Å²) in [6.07, 6.45) is 0. The highest BCUT2D eigenvalue weighted by molar-refractivity contribution is 7.80. The Hall–Kier alpha value is -1.46. The van der Waals surface area contributed by atoms with Crippen LogP contribution in [-0.2, 0) is 6.54 Å². The zero-order valence-corrected chi connectivity index (χ0v) is 12.9. The Morgan fingerprint density at radius 1 is 1.47 bits per heavy atom. The molecule has 100 valence electrons. The second-order valence-corrected chi connectivity index (χ2v) is 5.85. The summed E-state index contributed by atoms with van der Waals surface area (Å²) in [5.74, 6) is 0.858. The Morgan fingerprint density at radius 3 is 2.79 bits per heavy atom. The lowest BCUT2D eigenvalue weighted by molar-refractivity contribution is 0.891. The molecular weight excluding hydrogens is 274 g/mol. The van der Waals surface area contributed by atoms with Crippen LogP contribution < -0.4 is 10.6 Å². The summed E-state index contributed by atoms with van der Waals surface area (Å²) in [5, 5.41) is 4.21. The third kappa shape index (κ3) is 3.11. The highest BCUT2D eigenvalue weighted by atomic mass is 32.1. The molecule has 0 aliphatic rings. The minimum absolute atomic E-state index is 0.400. The predicted molar refractivity (Wildman–Crippen MR) is 86.0 cm³/mol. The molecule has 0 saturated carbocycles. The second-order valence-electron chi connectivity index (χ2n) is 4.63. The van der Waals surface area contributed by atoms with Crippen LogP contribution >= 0.6 is 23.6 Å². The largest absolute Gasteiger partial charge is 0.389 e. The van der Waals surface area contributed by atoms with E-state index in [1.54, 1.807) is 11.3 Å². The van der Waals surface area contributed by atoms with Crippen molar-refractivity contribution >= 4 is 34.4 Å². The van der Waals surface area contributed by atoms with Gasteiger partial charge in [0.2, 0.25) is 0 Å². The number of aryl methyl sites for hydroxylation is 2. The van der Waals surface area contributed by atoms with Crippen molar-refractivity contribution in [2.45, 2.75) is 20.4 Å². The van der Waals surface area contributed by atoms with Gasteiger partial charge in [-0.3, -0.25) is 0 Å². The highest BCUT2D eigenvalue weighted by Gasteiger charge is 2.15. The van der Waals surface area contributed by atoms with Crippen LogP contribution in [0.2, 0.25) is 0 Å². The van der Waals surface area contributed by atoms with Crippen molar-refractivity contribution in [2.24, 2.45) is 5.73 Å². The number of nitrogens with zero attached hydrogens (tertiary/aromatic N) is 2. The molecule has 0 saturated heterocycles. The number of thiophene rings is 1. The quantitative estimate of drug-likeness (QED) is 0.879. The fourth-order valence-corrected chi connectivity index (χ4v) is 3.04. The van der Waals surface area contributed by atoms with E-state index in [-0.39, 0.29) is 0 Å². The third-order valence-electron chi connectivity index (χ3n) is 2.93. The summed E-state index contributed by atoms with van der Waals surface area (Å²) in [4.78, 5) is 7.09. The Kier molecular flexibility index (Phi) is 4.17. The summed E-state index contributed by atoms with van der Waals surface area (Å²) < 4.78 is 0. The molecule has 0 unspecified atom stereocenters. The maximum atomic E-state index is 5.84. The van der Waals surface area contributed by atoms with Crippen molar-refractivity contribution in [3.05, 3.63) is 45.3 Å². The zero-order valence-electron chi connectivity index (χ0n) is 11.3. The lowest BCUT2D eigenvalue weighted by Gasteiger charge is -2.22. The van der Waals surface area contributed by atoms with Crippen molar-refractivity contribution in [2.75, 3.05) is 11.9 Å². The molecule has 2 rings (SSSR count). The number of thiocarbonyl (C=S) groups is 1. The summed E-state index contributed by atoms with van der Waals surface area (Å²) in [6.45, 7) is 4.80. The molecule has 0 amide bonds. The predicted octanol–water partition coefficient (Wildman–Crippen LogP) is 3.03. The van der Waals surface area contributed by atoms with Gasteiger partial charge in [0.15, 0.2) is 0 Å². The highest BCUT2D eigenvalue weighted by Crippen LogP contribution is 2.23. The van der Waals surface area contributed by atoms with Crippen molar-refractivity contribution in [3.8, 4) is 0 Å². The van der Waals surface area contributed by atoms with Gasteiger partial charge in [-0.05, 0) is 47.9 Å². The van der Waals surface area contributed by atoms with Gasteiger partial charge in [-0.15, -0.1) is 0 Å². The minimum atomic E-state index is 0.400. The van der Waals surface area contributed by atoms with Crippen LogP contribution in [0.25, 0.3) is 0 Å². The summed E-state index contributed by atoms with van der Waals surface area (Å²) >= 11 is 6.86. The number of hydrogen-bond acceptors (Lipinski definition) is 4. The molecule has 19 heavy (non-hydrogen) atoms. The van der Waals surface area contributed by atoms with Crippen LogP contribution in [0, 0.1) is 13.8 Å². The molecular formula is C14H17N3S2. The number of hydrogen-bond donors (Lipinski definition) is 1. The Bertz CT molecular complexity index is 591. The lowest BCUT2D eigenvalue weighted by atomic mass is 10.1. The topological polar surface area (TPSA) is 42.1 Å². The molecule has 2 N–H and O–H groups in total. The number of nitrogens with two attached hydrogens (primary N) is 1. The smallest absolute Gasteiger partial charge is 0.139 e. The standard InChI is InChI=1S/C14H17N3S2/c1-9-6-10(2)16-14(12(9)13(15)18)17(3)7-11-4-5-19-8-11/h4-6,8H,7H2,1-3H3,(H2,15,18). The molecule has 0 fully saturated rings. The van der Waals surface area contributed by atoms with E-state index in [2.05, 4.69) is 26.7 Å². The van der Waals surface area contributed by atoms with E-state index in [1.807, 2.05) is 27.0 Å². The monoisotopic (exact) mass is 291 g/mol. The fraction of sp³-hybridized carbons (Fsp3) is 0.286. The zero-order chi connectivity index (χ0) is 14.0. The third-order valence-corrected chi connectivity index (χ3v) is 3.87. The molecule has 5 heteroatoms. The van der Waals surface area contributed by atoms with Crippen LogP contribution in [0.4, 0.5) is 5.82 Å². The van der Waals surface area contributed by atoms with E-state index in [0.717, 1.165) is 29.2 Å². The van der Waals surface area contributed by atoms with Gasteiger partial charge in [-0.2, -0.15) is 11.3 Å². The first-order chi connectivity index (χ1) is 8.99. The lowest BCUT2D eigenvalue weighted by Crippen LogP contribution is -2.24. The van der Waals surface area contributed by atoms with Gasteiger partial charge < -0.3 is 10.6 Å². The average molecular weight is 291 g/mol. The Balaban J connectivity index is 2.40. The van der Waals surface area contributed by atoms with Gasteiger partial charge in [0.1, 0.15) is 10.8 Å². The molecule has 0 spiro atoms. The van der Waals surface area contributed by atoms with Gasteiger partial charge in [0, 0.05) is 19.3 Å². The molecule has 0 aromatic carbocycles. The Morgan fingerprint density at radius 2 is 2.21 bits per heavy atom. The van der Waals surface area contributed by atoms with E-state index in [4.69, 9.17) is 18.0 Å². The van der Waals surface area contributed by atoms with Crippen LogP contribution in [0.5, 0.6) is 0 Å². The molecule has 0 bridgehead atoms. The molecule has 2 aromatic heterocycles. The fourth-order valence-electron chi connectivity index (χ4n) is 2.13. The van der Waals surface area contributed by atoms with Crippen molar-refractivity contribution < 1.29 is 0 Å². The summed E-state index contributed by atoms with van der Waals surface area (Å²) in [6, 6.07) is 4.13. The van der Waals surface area contributed by atoms with Crippen LogP contribution in [0.3, 0.4) is 0 Å². The van der Waals surface area contributed by atoms with Gasteiger partial charge in [-0.25, -0.2) is 4.98 Å². The molecule has 0 aliphatic heterocycles. The first-order valence-corrected chi connectivity index (χ1v) is 7.34. The molecule has 0 aliphatic carbocycles. The number of pyridine rings is 1. The summed E-state index contributed by atoms with van der Waals surface area (Å²) in [5.41, 5.74) is 10.0. The SMILES string of the molecule is Cc1cc(C)c(C(N)=S)c(N(C)Cc2ccsc2)n1. The normalized spacial score (nSPS) is 10.5.